The molecule has 2 aromatic carbocycles. The molecular weight excluding hydrogens is 360 g/mol. The summed E-state index contributed by atoms with van der Waals surface area (Å²) in [6, 6.07) is 10.3. The Morgan fingerprint density at radius 3 is 2.17 bits per heavy atom. The predicted octanol–water partition coefficient (Wildman–Crippen LogP) is 5.76. The van der Waals surface area contributed by atoms with E-state index < -0.39 is 5.97 Å². The van der Waals surface area contributed by atoms with Crippen LogP contribution in [0.2, 0.25) is 0 Å². The minimum absolute atomic E-state index is 0.0253. The lowest BCUT2D eigenvalue weighted by Crippen LogP contribution is -2.18. The van der Waals surface area contributed by atoms with E-state index in [1.54, 1.807) is 0 Å². The topological polar surface area (TPSA) is 46.5 Å². The first kappa shape index (κ1) is 22.9. The molecule has 0 saturated carbocycles. The molecule has 0 saturated heterocycles. The Morgan fingerprint density at radius 1 is 1.03 bits per heavy atom. The van der Waals surface area contributed by atoms with Crippen LogP contribution in [0.3, 0.4) is 0 Å². The van der Waals surface area contributed by atoms with Crippen LogP contribution in [0.25, 0.3) is 0 Å². The van der Waals surface area contributed by atoms with Gasteiger partial charge in [0.05, 0.1) is 6.61 Å². The second-order valence-corrected chi connectivity index (χ2v) is 9.70. The van der Waals surface area contributed by atoms with Crippen LogP contribution < -0.4 is 4.74 Å². The lowest BCUT2D eigenvalue weighted by Gasteiger charge is -2.26. The zero-order valence-electron chi connectivity index (χ0n) is 18.8. The summed E-state index contributed by atoms with van der Waals surface area (Å²) in [4.78, 5) is 12.1. The Balaban J connectivity index is 2.68. The number of hydrogen-bond donors (Lipinski definition) is 1. The van der Waals surface area contributed by atoms with Crippen LogP contribution >= 0.6 is 0 Å². The second kappa shape index (κ2) is 8.54. The first-order valence-electron chi connectivity index (χ1n) is 10.1. The van der Waals surface area contributed by atoms with Crippen LogP contribution in [0.15, 0.2) is 43.0 Å². The highest BCUT2D eigenvalue weighted by Crippen LogP contribution is 2.38. The van der Waals surface area contributed by atoms with E-state index in [1.807, 2.05) is 12.1 Å². The zero-order chi connectivity index (χ0) is 22.0. The SMILES string of the molecule is C=CC(=O)Oc1c(Cc2cccc(C(C)(C)C)c2CO)cc(C)cc1C(C)(C)C. The molecule has 0 aliphatic carbocycles. The largest absolute Gasteiger partial charge is 0.423 e. The van der Waals surface area contributed by atoms with E-state index in [9.17, 15) is 9.90 Å². The zero-order valence-corrected chi connectivity index (χ0v) is 18.8. The Bertz CT molecular complexity index is 909. The fourth-order valence-corrected chi connectivity index (χ4v) is 3.69. The molecule has 2 rings (SSSR count). The number of aliphatic hydroxyl groups is 1. The third-order valence-corrected chi connectivity index (χ3v) is 5.11. The van der Waals surface area contributed by atoms with Crippen molar-refractivity contribution in [2.24, 2.45) is 0 Å². The maximum Gasteiger partial charge on any atom is 0.335 e. The summed E-state index contributed by atoms with van der Waals surface area (Å²) < 4.78 is 5.73. The highest BCUT2D eigenvalue weighted by molar-refractivity contribution is 5.84. The third kappa shape index (κ3) is 5.36. The highest BCUT2D eigenvalue weighted by atomic mass is 16.5. The summed E-state index contributed by atoms with van der Waals surface area (Å²) in [7, 11) is 0. The molecule has 0 aliphatic heterocycles. The second-order valence-electron chi connectivity index (χ2n) is 9.70. The molecule has 0 heterocycles. The van der Waals surface area contributed by atoms with Crippen molar-refractivity contribution >= 4 is 5.97 Å². The van der Waals surface area contributed by atoms with E-state index in [0.717, 1.165) is 33.4 Å². The van der Waals surface area contributed by atoms with E-state index >= 15 is 0 Å². The number of carbonyl (C=O) groups is 1. The normalized spacial score (nSPS) is 12.0. The van der Waals surface area contributed by atoms with Crippen LogP contribution in [-0.4, -0.2) is 11.1 Å². The Hall–Kier alpha value is -2.39. The average molecular weight is 395 g/mol. The lowest BCUT2D eigenvalue weighted by atomic mass is 9.80. The van der Waals surface area contributed by atoms with Gasteiger partial charge in [-0.1, -0.05) is 84.0 Å². The van der Waals surface area contributed by atoms with Gasteiger partial charge in [-0.15, -0.1) is 0 Å². The highest BCUT2D eigenvalue weighted by Gasteiger charge is 2.25. The van der Waals surface area contributed by atoms with Crippen molar-refractivity contribution in [3.63, 3.8) is 0 Å². The minimum Gasteiger partial charge on any atom is -0.423 e. The summed E-state index contributed by atoms with van der Waals surface area (Å²) in [5.74, 6) is 0.129. The van der Waals surface area contributed by atoms with Gasteiger partial charge in [0.15, 0.2) is 0 Å². The molecule has 0 radical (unpaired) electrons. The van der Waals surface area contributed by atoms with Gasteiger partial charge in [-0.3, -0.25) is 0 Å². The number of ether oxygens (including phenoxy) is 1. The molecule has 0 amide bonds. The molecule has 3 nitrogen and oxygen atoms in total. The van der Waals surface area contributed by atoms with Gasteiger partial charge >= 0.3 is 5.97 Å². The van der Waals surface area contributed by atoms with Crippen molar-refractivity contribution in [3.05, 3.63) is 76.4 Å². The summed E-state index contributed by atoms with van der Waals surface area (Å²) >= 11 is 0. The quantitative estimate of drug-likeness (QED) is 0.398. The van der Waals surface area contributed by atoms with Crippen LogP contribution in [0, 0.1) is 6.92 Å². The van der Waals surface area contributed by atoms with E-state index in [0.29, 0.717) is 12.2 Å². The smallest absolute Gasteiger partial charge is 0.335 e. The maximum atomic E-state index is 12.1. The van der Waals surface area contributed by atoms with Crippen LogP contribution in [0.4, 0.5) is 0 Å². The van der Waals surface area contributed by atoms with Crippen LogP contribution in [-0.2, 0) is 28.7 Å². The molecule has 3 heteroatoms. The molecule has 0 unspecified atom stereocenters. The molecule has 0 fully saturated rings. The number of carbonyl (C=O) groups excluding carboxylic acids is 1. The first-order valence-corrected chi connectivity index (χ1v) is 10.1. The standard InChI is InChI=1S/C26H34O3/c1-9-23(28)29-24-19(13-17(2)14-22(24)26(6,7)8)15-18-11-10-12-21(20(18)16-27)25(3,4)5/h9-14,27H,1,15-16H2,2-8H3. The monoisotopic (exact) mass is 394 g/mol. The van der Waals surface area contributed by atoms with E-state index in [4.69, 9.17) is 4.74 Å². The van der Waals surface area contributed by atoms with Crippen molar-refractivity contribution in [1.29, 1.82) is 0 Å². The lowest BCUT2D eigenvalue weighted by molar-refractivity contribution is -0.129. The van der Waals surface area contributed by atoms with E-state index in [1.165, 1.54) is 6.08 Å². The fourth-order valence-electron chi connectivity index (χ4n) is 3.69. The van der Waals surface area contributed by atoms with Crippen molar-refractivity contribution < 1.29 is 14.6 Å². The van der Waals surface area contributed by atoms with Crippen molar-refractivity contribution in [2.75, 3.05) is 0 Å². The average Bonchev–Trinajstić information content (AvgIpc) is 2.61. The molecule has 0 atom stereocenters. The number of aliphatic hydroxyl groups excluding tert-OH is 1. The first-order chi connectivity index (χ1) is 13.4. The molecular formula is C26H34O3. The molecule has 0 bridgehead atoms. The molecule has 2 aromatic rings. The van der Waals surface area contributed by atoms with E-state index in [-0.39, 0.29) is 17.4 Å². The summed E-state index contributed by atoms with van der Waals surface area (Å²) in [6.45, 7) is 18.3. The Morgan fingerprint density at radius 2 is 1.66 bits per heavy atom. The van der Waals surface area contributed by atoms with Crippen LogP contribution in [0.5, 0.6) is 5.75 Å². The van der Waals surface area contributed by atoms with Gasteiger partial charge in [-0.05, 0) is 40.0 Å². The fraction of sp³-hybridized carbons (Fsp3) is 0.423. The minimum atomic E-state index is -0.466. The maximum absolute atomic E-state index is 12.1. The van der Waals surface area contributed by atoms with Gasteiger partial charge in [0.2, 0.25) is 0 Å². The van der Waals surface area contributed by atoms with Gasteiger partial charge in [0, 0.05) is 18.1 Å². The van der Waals surface area contributed by atoms with Gasteiger partial charge in [-0.25, -0.2) is 4.79 Å². The summed E-state index contributed by atoms with van der Waals surface area (Å²) in [5, 5.41) is 10.1. The van der Waals surface area contributed by atoms with Crippen molar-refractivity contribution in [3.8, 4) is 5.75 Å². The molecule has 29 heavy (non-hydrogen) atoms. The van der Waals surface area contributed by atoms with Gasteiger partial charge in [0.25, 0.3) is 0 Å². The third-order valence-electron chi connectivity index (χ3n) is 5.11. The van der Waals surface area contributed by atoms with Crippen molar-refractivity contribution in [2.45, 2.75) is 72.3 Å². The molecule has 1 N–H and O–H groups in total. The molecule has 0 aromatic heterocycles. The Kier molecular flexibility index (Phi) is 6.74. The molecule has 156 valence electrons. The van der Waals surface area contributed by atoms with Crippen molar-refractivity contribution in [1.82, 2.24) is 0 Å². The number of benzene rings is 2. The number of rotatable bonds is 5. The number of esters is 1. The summed E-state index contributed by atoms with van der Waals surface area (Å²) in [5.41, 5.74) is 5.89. The number of hydrogen-bond acceptors (Lipinski definition) is 3. The van der Waals surface area contributed by atoms with E-state index in [2.05, 4.69) is 73.2 Å². The molecule has 0 aliphatic rings. The predicted molar refractivity (Wildman–Crippen MR) is 120 cm³/mol. The molecule has 0 spiro atoms. The van der Waals surface area contributed by atoms with Gasteiger partial charge in [0.1, 0.15) is 5.75 Å². The number of aryl methyl sites for hydroxylation is 1. The van der Waals surface area contributed by atoms with Gasteiger partial charge < -0.3 is 9.84 Å². The summed E-state index contributed by atoms with van der Waals surface area (Å²) in [6.07, 6.45) is 1.76. The van der Waals surface area contributed by atoms with Gasteiger partial charge in [-0.2, -0.15) is 0 Å². The van der Waals surface area contributed by atoms with Crippen LogP contribution in [0.1, 0.15) is 74.9 Å². The Labute approximate surface area is 175 Å².